The normalized spacial score (nSPS) is 24.2. The van der Waals surface area contributed by atoms with Gasteiger partial charge in [0.25, 0.3) is 0 Å². The number of thiophene rings is 1. The fraction of sp³-hybridized carbons (Fsp3) is 0.375. The molecule has 2 N–H and O–H groups in total. The lowest BCUT2D eigenvalue weighted by Gasteiger charge is -2.41. The molecule has 0 aliphatic heterocycles. The largest absolute Gasteiger partial charge is 0.481 e. The lowest BCUT2D eigenvalue weighted by Crippen LogP contribution is -2.47. The molecule has 1 saturated carbocycles. The molecule has 4 atom stereocenters. The summed E-state index contributed by atoms with van der Waals surface area (Å²) in [5, 5.41) is 14.8. The molecule has 7 heteroatoms. The number of carbonyl (C=O) groups is 3. The minimum atomic E-state index is -0.949. The first kappa shape index (κ1) is 21.3. The molecule has 6 nitrogen and oxygen atoms in total. The van der Waals surface area contributed by atoms with E-state index in [1.54, 1.807) is 13.8 Å². The molecule has 2 bridgehead atoms. The third-order valence-corrected chi connectivity index (χ3v) is 6.89. The van der Waals surface area contributed by atoms with Crippen LogP contribution in [0.2, 0.25) is 0 Å². The lowest BCUT2D eigenvalue weighted by molar-refractivity contribution is -0.151. The highest BCUT2D eigenvalue weighted by molar-refractivity contribution is 7.15. The van der Waals surface area contributed by atoms with Crippen molar-refractivity contribution in [2.75, 3.05) is 5.32 Å². The van der Waals surface area contributed by atoms with Crippen molar-refractivity contribution >= 4 is 34.2 Å². The minimum absolute atomic E-state index is 0.106. The summed E-state index contributed by atoms with van der Waals surface area (Å²) in [6.07, 6.45) is 5.17. The van der Waals surface area contributed by atoms with Crippen LogP contribution >= 0.6 is 11.3 Å². The van der Waals surface area contributed by atoms with Gasteiger partial charge in [0.1, 0.15) is 10.6 Å². The Balaban J connectivity index is 1.67. The third kappa shape index (κ3) is 4.14. The first-order valence-corrected chi connectivity index (χ1v) is 11.3. The average molecular weight is 440 g/mol. The number of carboxylic acids is 1. The fourth-order valence-electron chi connectivity index (χ4n) is 4.64. The fourth-order valence-corrected chi connectivity index (χ4v) is 5.60. The van der Waals surface area contributed by atoms with Crippen molar-refractivity contribution in [1.29, 1.82) is 0 Å². The zero-order chi connectivity index (χ0) is 22.1. The number of ether oxygens (including phenoxy) is 1. The molecule has 3 aliphatic rings. The number of carbonyl (C=O) groups excluding carboxylic acids is 2. The first-order valence-electron chi connectivity index (χ1n) is 10.5. The van der Waals surface area contributed by atoms with E-state index in [9.17, 15) is 19.5 Å². The Bertz CT molecular complexity index is 1030. The number of rotatable bonds is 6. The van der Waals surface area contributed by atoms with Crippen molar-refractivity contribution in [3.8, 4) is 11.1 Å². The van der Waals surface area contributed by atoms with E-state index in [1.165, 1.54) is 11.3 Å². The summed E-state index contributed by atoms with van der Waals surface area (Å²) in [6.45, 7) is 3.54. The molecule has 0 spiro atoms. The highest BCUT2D eigenvalue weighted by atomic mass is 32.1. The number of hydrogen-bond donors (Lipinski definition) is 2. The smallest absolute Gasteiger partial charge is 0.342 e. The Morgan fingerprint density at radius 2 is 1.71 bits per heavy atom. The van der Waals surface area contributed by atoms with Gasteiger partial charge in [0.15, 0.2) is 0 Å². The van der Waals surface area contributed by atoms with Crippen molar-refractivity contribution in [3.05, 3.63) is 53.4 Å². The van der Waals surface area contributed by atoms with E-state index in [0.29, 0.717) is 16.1 Å². The number of esters is 1. The van der Waals surface area contributed by atoms with E-state index in [-0.39, 0.29) is 23.8 Å². The van der Waals surface area contributed by atoms with Crippen LogP contribution in [0, 0.1) is 23.7 Å². The Morgan fingerprint density at radius 3 is 2.29 bits per heavy atom. The van der Waals surface area contributed by atoms with Crippen LogP contribution in [0.15, 0.2) is 47.9 Å². The molecular formula is C24H25NO5S. The highest BCUT2D eigenvalue weighted by Crippen LogP contribution is 2.46. The Kier molecular flexibility index (Phi) is 5.96. The minimum Gasteiger partial charge on any atom is -0.481 e. The molecule has 1 fully saturated rings. The maximum atomic E-state index is 13.3. The average Bonchev–Trinajstić information content (AvgIpc) is 3.17. The van der Waals surface area contributed by atoms with Crippen molar-refractivity contribution in [1.82, 2.24) is 0 Å². The molecule has 1 amide bonds. The van der Waals surface area contributed by atoms with Crippen LogP contribution < -0.4 is 5.32 Å². The summed E-state index contributed by atoms with van der Waals surface area (Å²) >= 11 is 1.25. The van der Waals surface area contributed by atoms with E-state index in [0.717, 1.165) is 18.4 Å². The number of fused-ring (bicyclic) bond motifs is 2. The lowest BCUT2D eigenvalue weighted by atomic mass is 9.62. The van der Waals surface area contributed by atoms with E-state index in [2.05, 4.69) is 5.32 Å². The van der Waals surface area contributed by atoms with Gasteiger partial charge in [-0.05, 0) is 44.1 Å². The standard InChI is InChI=1S/C24H25NO5S/c1-13(2)30-24(29)20-17(14-6-4-3-5-7-14)12-31-22(20)25-21(26)18-15-8-10-16(11-9-15)19(18)23(27)28/h3-8,10,12-13,15-16,18-19H,9,11H2,1-2H3,(H,25,26)(H,27,28)/t15-,16-,18+,19+/m0/s1. The van der Waals surface area contributed by atoms with Crippen molar-refractivity contribution < 1.29 is 24.2 Å². The van der Waals surface area contributed by atoms with Gasteiger partial charge in [-0.2, -0.15) is 0 Å². The van der Waals surface area contributed by atoms with Crippen LogP contribution in [0.1, 0.15) is 37.0 Å². The van der Waals surface area contributed by atoms with Crippen molar-refractivity contribution in [2.24, 2.45) is 23.7 Å². The van der Waals surface area contributed by atoms with Crippen LogP contribution in [0.3, 0.4) is 0 Å². The molecule has 1 heterocycles. The van der Waals surface area contributed by atoms with Crippen LogP contribution in [0.4, 0.5) is 5.00 Å². The number of benzene rings is 1. The molecule has 0 radical (unpaired) electrons. The maximum absolute atomic E-state index is 13.3. The topological polar surface area (TPSA) is 92.7 Å². The first-order chi connectivity index (χ1) is 14.9. The molecule has 1 aromatic heterocycles. The SMILES string of the molecule is CC(C)OC(=O)c1c(-c2ccccc2)csc1NC(=O)[C@H]1[C@H](C(=O)O)[C@H]2C=C[C@H]1CC2. The molecule has 3 aliphatic carbocycles. The molecule has 0 saturated heterocycles. The molecule has 162 valence electrons. The zero-order valence-corrected chi connectivity index (χ0v) is 18.2. The molecule has 31 heavy (non-hydrogen) atoms. The van der Waals surface area contributed by atoms with E-state index in [1.807, 2.05) is 47.9 Å². The van der Waals surface area contributed by atoms with E-state index < -0.39 is 23.8 Å². The van der Waals surface area contributed by atoms with Gasteiger partial charge in [0, 0.05) is 10.9 Å². The van der Waals surface area contributed by atoms with Gasteiger partial charge in [-0.1, -0.05) is 42.5 Å². The number of anilines is 1. The zero-order valence-electron chi connectivity index (χ0n) is 17.4. The second-order valence-electron chi connectivity index (χ2n) is 8.34. The third-order valence-electron chi connectivity index (χ3n) is 6.00. The quantitative estimate of drug-likeness (QED) is 0.497. The number of amides is 1. The molecular weight excluding hydrogens is 414 g/mol. The van der Waals surface area contributed by atoms with Gasteiger partial charge in [0.05, 0.1) is 17.9 Å². The number of nitrogens with one attached hydrogen (secondary N) is 1. The van der Waals surface area contributed by atoms with Gasteiger partial charge in [-0.25, -0.2) is 4.79 Å². The Hall–Kier alpha value is -2.93. The van der Waals surface area contributed by atoms with Crippen molar-refractivity contribution in [2.45, 2.75) is 32.8 Å². The summed E-state index contributed by atoms with van der Waals surface area (Å²) in [7, 11) is 0. The van der Waals surface area contributed by atoms with Crippen LogP contribution in [0.5, 0.6) is 0 Å². The predicted molar refractivity (Wildman–Crippen MR) is 119 cm³/mol. The molecule has 2 aromatic rings. The van der Waals surface area contributed by atoms with Gasteiger partial charge in [-0.15, -0.1) is 11.3 Å². The molecule has 5 rings (SSSR count). The maximum Gasteiger partial charge on any atom is 0.342 e. The summed E-state index contributed by atoms with van der Waals surface area (Å²) in [6, 6.07) is 9.44. The summed E-state index contributed by atoms with van der Waals surface area (Å²) in [5.74, 6) is -3.45. The number of aliphatic carboxylic acids is 1. The van der Waals surface area contributed by atoms with E-state index >= 15 is 0 Å². The van der Waals surface area contributed by atoms with Crippen molar-refractivity contribution in [3.63, 3.8) is 0 Å². The number of hydrogen-bond acceptors (Lipinski definition) is 5. The monoisotopic (exact) mass is 439 g/mol. The summed E-state index contributed by atoms with van der Waals surface area (Å²) in [5.41, 5.74) is 1.84. The van der Waals surface area contributed by atoms with Gasteiger partial charge in [-0.3, -0.25) is 9.59 Å². The van der Waals surface area contributed by atoms with Gasteiger partial charge < -0.3 is 15.2 Å². The summed E-state index contributed by atoms with van der Waals surface area (Å²) in [4.78, 5) is 38.1. The Morgan fingerprint density at radius 1 is 1.06 bits per heavy atom. The second-order valence-corrected chi connectivity index (χ2v) is 9.22. The predicted octanol–water partition coefficient (Wildman–Crippen LogP) is 4.83. The molecule has 0 unspecified atom stereocenters. The van der Waals surface area contributed by atoms with Gasteiger partial charge in [0.2, 0.25) is 5.91 Å². The van der Waals surface area contributed by atoms with Gasteiger partial charge >= 0.3 is 11.9 Å². The van der Waals surface area contributed by atoms with Crippen LogP contribution in [0.25, 0.3) is 11.1 Å². The highest BCUT2D eigenvalue weighted by Gasteiger charge is 2.48. The van der Waals surface area contributed by atoms with E-state index in [4.69, 9.17) is 4.74 Å². The Labute approximate surface area is 184 Å². The number of carboxylic acid groups (broad SMARTS) is 1. The van der Waals surface area contributed by atoms with Crippen LogP contribution in [-0.2, 0) is 14.3 Å². The second kappa shape index (κ2) is 8.67. The molecule has 1 aromatic carbocycles. The van der Waals surface area contributed by atoms with Crippen LogP contribution in [-0.4, -0.2) is 29.1 Å². The number of allylic oxidation sites excluding steroid dienone is 2. The summed E-state index contributed by atoms with van der Waals surface area (Å²) < 4.78 is 5.44.